The number of carbonyl (C=O) groups excluding carboxylic acids is 2. The number of benzene rings is 2. The number of halogens is 2. The molecule has 0 aromatic heterocycles. The molecule has 3 amide bonds. The van der Waals surface area contributed by atoms with Gasteiger partial charge in [-0.1, -0.05) is 42.0 Å². The average Bonchev–Trinajstić information content (AvgIpc) is 2.81. The van der Waals surface area contributed by atoms with Crippen molar-refractivity contribution >= 4 is 11.9 Å². The lowest BCUT2D eigenvalue weighted by Gasteiger charge is -2.22. The van der Waals surface area contributed by atoms with E-state index < -0.39 is 24.1 Å². The molecule has 1 atom stereocenters. The van der Waals surface area contributed by atoms with Crippen LogP contribution in [0, 0.1) is 6.92 Å². The summed E-state index contributed by atoms with van der Waals surface area (Å²) in [5.41, 5.74) is 1.15. The Hall–Kier alpha value is -2.96. The minimum absolute atomic E-state index is 0.0133. The summed E-state index contributed by atoms with van der Waals surface area (Å²) in [6, 6.07) is 12.7. The van der Waals surface area contributed by atoms with Gasteiger partial charge in [0.1, 0.15) is 11.3 Å². The Bertz CT molecular complexity index is 822. The van der Waals surface area contributed by atoms with Crippen molar-refractivity contribution in [2.75, 3.05) is 0 Å². The second-order valence-electron chi connectivity index (χ2n) is 6.33. The third kappa shape index (κ3) is 3.37. The predicted molar refractivity (Wildman–Crippen MR) is 90.7 cm³/mol. The molecule has 1 unspecified atom stereocenters. The SMILES string of the molecule is Cc1ccc(CN2C(=O)NC(C)(c3ccc(OC(F)F)cc3)C2=O)cc1. The number of carbonyl (C=O) groups is 2. The normalized spacial score (nSPS) is 19.8. The molecule has 1 N–H and O–H groups in total. The lowest BCUT2D eigenvalue weighted by atomic mass is 9.92. The van der Waals surface area contributed by atoms with Crippen LogP contribution in [0.1, 0.15) is 23.6 Å². The molecule has 0 spiro atoms. The zero-order valence-corrected chi connectivity index (χ0v) is 14.3. The molecular weight excluding hydrogens is 342 g/mol. The van der Waals surface area contributed by atoms with Crippen LogP contribution in [0.2, 0.25) is 0 Å². The van der Waals surface area contributed by atoms with Gasteiger partial charge < -0.3 is 10.1 Å². The molecule has 1 saturated heterocycles. The minimum atomic E-state index is -2.92. The fraction of sp³-hybridized carbons (Fsp3) is 0.263. The highest BCUT2D eigenvalue weighted by atomic mass is 19.3. The summed E-state index contributed by atoms with van der Waals surface area (Å²) in [6.07, 6.45) is 0. The average molecular weight is 360 g/mol. The van der Waals surface area contributed by atoms with Crippen molar-refractivity contribution in [3.05, 3.63) is 65.2 Å². The molecule has 2 aromatic carbocycles. The van der Waals surface area contributed by atoms with Crippen molar-refractivity contribution in [1.29, 1.82) is 0 Å². The minimum Gasteiger partial charge on any atom is -0.435 e. The molecule has 26 heavy (non-hydrogen) atoms. The predicted octanol–water partition coefficient (Wildman–Crippen LogP) is 3.56. The molecule has 0 bridgehead atoms. The number of rotatable bonds is 5. The summed E-state index contributed by atoms with van der Waals surface area (Å²) in [4.78, 5) is 26.3. The summed E-state index contributed by atoms with van der Waals surface area (Å²) in [5.74, 6) is -0.411. The number of amides is 3. The first-order chi connectivity index (χ1) is 12.3. The molecule has 1 aliphatic rings. The lowest BCUT2D eigenvalue weighted by Crippen LogP contribution is -2.40. The standard InChI is InChI=1S/C19H18F2N2O3/c1-12-3-5-13(6-4-12)11-23-16(24)19(2,22-18(23)25)14-7-9-15(10-8-14)26-17(20)21/h3-10,17H,11H2,1-2H3,(H,22,25). The van der Waals surface area contributed by atoms with Gasteiger partial charge in [0.15, 0.2) is 0 Å². The van der Waals surface area contributed by atoms with E-state index >= 15 is 0 Å². The molecule has 5 nitrogen and oxygen atoms in total. The highest BCUT2D eigenvalue weighted by molar-refractivity contribution is 6.07. The van der Waals surface area contributed by atoms with Gasteiger partial charge in [-0.15, -0.1) is 0 Å². The number of urea groups is 1. The van der Waals surface area contributed by atoms with Gasteiger partial charge in [-0.3, -0.25) is 9.69 Å². The maximum Gasteiger partial charge on any atom is 0.387 e. The van der Waals surface area contributed by atoms with Crippen molar-refractivity contribution in [3.63, 3.8) is 0 Å². The third-order valence-electron chi connectivity index (χ3n) is 4.39. The van der Waals surface area contributed by atoms with E-state index in [2.05, 4.69) is 10.1 Å². The Morgan fingerprint density at radius 1 is 1.08 bits per heavy atom. The van der Waals surface area contributed by atoms with Crippen LogP contribution in [0.15, 0.2) is 48.5 Å². The molecule has 136 valence electrons. The van der Waals surface area contributed by atoms with E-state index in [9.17, 15) is 18.4 Å². The summed E-state index contributed by atoms with van der Waals surface area (Å²) in [5, 5.41) is 2.69. The van der Waals surface area contributed by atoms with E-state index in [1.165, 1.54) is 24.3 Å². The molecule has 0 aliphatic carbocycles. The Morgan fingerprint density at radius 2 is 1.69 bits per heavy atom. The summed E-state index contributed by atoms with van der Waals surface area (Å²) in [6.45, 7) is 0.781. The molecule has 7 heteroatoms. The zero-order valence-electron chi connectivity index (χ0n) is 14.3. The van der Waals surface area contributed by atoms with Crippen molar-refractivity contribution in [1.82, 2.24) is 10.2 Å². The molecule has 1 heterocycles. The monoisotopic (exact) mass is 360 g/mol. The number of nitrogens with zero attached hydrogens (tertiary/aromatic N) is 1. The second kappa shape index (κ2) is 6.74. The first-order valence-electron chi connectivity index (χ1n) is 8.04. The van der Waals surface area contributed by atoms with E-state index in [1.54, 1.807) is 6.92 Å². The van der Waals surface area contributed by atoms with Crippen LogP contribution in [-0.4, -0.2) is 23.4 Å². The van der Waals surface area contributed by atoms with Crippen LogP contribution >= 0.6 is 0 Å². The van der Waals surface area contributed by atoms with Gasteiger partial charge in [-0.2, -0.15) is 8.78 Å². The highest BCUT2D eigenvalue weighted by Crippen LogP contribution is 2.31. The van der Waals surface area contributed by atoms with E-state index in [0.29, 0.717) is 5.56 Å². The largest absolute Gasteiger partial charge is 0.435 e. The smallest absolute Gasteiger partial charge is 0.387 e. The van der Waals surface area contributed by atoms with Gasteiger partial charge in [-0.25, -0.2) is 4.79 Å². The zero-order chi connectivity index (χ0) is 18.9. The van der Waals surface area contributed by atoms with Crippen molar-refractivity contribution in [2.45, 2.75) is 32.5 Å². The Labute approximate surface area is 149 Å². The van der Waals surface area contributed by atoms with Crippen LogP contribution in [0.25, 0.3) is 0 Å². The van der Waals surface area contributed by atoms with Crippen LogP contribution in [0.4, 0.5) is 13.6 Å². The maximum atomic E-state index is 12.9. The van der Waals surface area contributed by atoms with Crippen LogP contribution in [0.3, 0.4) is 0 Å². The Morgan fingerprint density at radius 3 is 2.27 bits per heavy atom. The van der Waals surface area contributed by atoms with Crippen LogP contribution in [-0.2, 0) is 16.9 Å². The number of aryl methyl sites for hydroxylation is 1. The molecule has 1 aliphatic heterocycles. The third-order valence-corrected chi connectivity index (χ3v) is 4.39. The van der Waals surface area contributed by atoms with Crippen molar-refractivity contribution < 1.29 is 23.1 Å². The summed E-state index contributed by atoms with van der Waals surface area (Å²) < 4.78 is 28.8. The fourth-order valence-corrected chi connectivity index (χ4v) is 2.88. The van der Waals surface area contributed by atoms with E-state index in [4.69, 9.17) is 0 Å². The number of alkyl halides is 2. The lowest BCUT2D eigenvalue weighted by molar-refractivity contribution is -0.131. The number of ether oxygens (including phenoxy) is 1. The molecule has 3 rings (SSSR count). The first-order valence-corrected chi connectivity index (χ1v) is 8.04. The van der Waals surface area contributed by atoms with E-state index in [0.717, 1.165) is 16.0 Å². The van der Waals surface area contributed by atoms with Crippen molar-refractivity contribution in [2.24, 2.45) is 0 Å². The van der Waals surface area contributed by atoms with Gasteiger partial charge >= 0.3 is 12.6 Å². The summed E-state index contributed by atoms with van der Waals surface area (Å²) >= 11 is 0. The maximum absolute atomic E-state index is 12.9. The Kier molecular flexibility index (Phi) is 4.63. The molecule has 0 saturated carbocycles. The van der Waals surface area contributed by atoms with E-state index in [-0.39, 0.29) is 12.3 Å². The number of imide groups is 1. The summed E-state index contributed by atoms with van der Waals surface area (Å²) in [7, 11) is 0. The fourth-order valence-electron chi connectivity index (χ4n) is 2.88. The number of hydrogen-bond donors (Lipinski definition) is 1. The molecule has 0 radical (unpaired) electrons. The van der Waals surface area contributed by atoms with Crippen LogP contribution < -0.4 is 10.1 Å². The van der Waals surface area contributed by atoms with Gasteiger partial charge in [0.05, 0.1) is 6.54 Å². The molecule has 2 aromatic rings. The van der Waals surface area contributed by atoms with Crippen LogP contribution in [0.5, 0.6) is 5.75 Å². The van der Waals surface area contributed by atoms with Gasteiger partial charge in [-0.05, 0) is 37.1 Å². The topological polar surface area (TPSA) is 58.6 Å². The first kappa shape index (κ1) is 17.8. The quantitative estimate of drug-likeness (QED) is 0.830. The van der Waals surface area contributed by atoms with Crippen molar-refractivity contribution in [3.8, 4) is 5.75 Å². The Balaban J connectivity index is 1.81. The second-order valence-corrected chi connectivity index (χ2v) is 6.33. The molecule has 1 fully saturated rings. The van der Waals surface area contributed by atoms with Gasteiger partial charge in [0.25, 0.3) is 5.91 Å². The van der Waals surface area contributed by atoms with Gasteiger partial charge in [0.2, 0.25) is 0 Å². The number of nitrogens with one attached hydrogen (secondary N) is 1. The van der Waals surface area contributed by atoms with Gasteiger partial charge in [0, 0.05) is 0 Å². The van der Waals surface area contributed by atoms with E-state index in [1.807, 2.05) is 31.2 Å². The highest BCUT2D eigenvalue weighted by Gasteiger charge is 2.48. The number of hydrogen-bond acceptors (Lipinski definition) is 3. The molecular formula is C19H18F2N2O3.